The Balaban J connectivity index is 2.47. The van der Waals surface area contributed by atoms with Crippen LogP contribution >= 0.6 is 0 Å². The molecular formula is C17H20O4. The number of methoxy groups -OCH3 is 2. The zero-order valence-electron chi connectivity index (χ0n) is 12.6. The molecule has 2 aromatic carbocycles. The zero-order valence-corrected chi connectivity index (χ0v) is 12.6. The van der Waals surface area contributed by atoms with Gasteiger partial charge >= 0.3 is 5.97 Å². The molecule has 2 aromatic rings. The normalized spacial score (nSPS) is 10.4. The number of hydrogen-bond acceptors (Lipinski definition) is 4. The van der Waals surface area contributed by atoms with Crippen LogP contribution in [0.5, 0.6) is 11.5 Å². The van der Waals surface area contributed by atoms with Gasteiger partial charge in [-0.25, -0.2) is 4.79 Å². The summed E-state index contributed by atoms with van der Waals surface area (Å²) >= 11 is 0. The molecule has 0 N–H and O–H groups in total. The molecule has 0 atom stereocenters. The molecule has 112 valence electrons. The number of rotatable bonds is 6. The van der Waals surface area contributed by atoms with Crippen LogP contribution in [-0.2, 0) is 4.74 Å². The van der Waals surface area contributed by atoms with Crippen LogP contribution in [0.25, 0.3) is 10.8 Å². The van der Waals surface area contributed by atoms with Crippen molar-refractivity contribution in [1.82, 2.24) is 0 Å². The van der Waals surface area contributed by atoms with E-state index in [4.69, 9.17) is 14.2 Å². The minimum Gasteiger partial charge on any atom is -0.493 e. The first-order valence-corrected chi connectivity index (χ1v) is 7.03. The molecule has 0 aromatic heterocycles. The summed E-state index contributed by atoms with van der Waals surface area (Å²) in [5.41, 5.74) is 0.522. The smallest absolute Gasteiger partial charge is 0.338 e. The van der Waals surface area contributed by atoms with Gasteiger partial charge in [-0.1, -0.05) is 25.5 Å². The third-order valence-corrected chi connectivity index (χ3v) is 3.33. The molecule has 4 heteroatoms. The van der Waals surface area contributed by atoms with E-state index < -0.39 is 0 Å². The van der Waals surface area contributed by atoms with E-state index in [2.05, 4.69) is 6.92 Å². The van der Waals surface area contributed by atoms with E-state index in [-0.39, 0.29) is 5.97 Å². The van der Waals surface area contributed by atoms with E-state index in [0.29, 0.717) is 23.7 Å². The van der Waals surface area contributed by atoms with Crippen molar-refractivity contribution in [2.45, 2.75) is 19.8 Å². The summed E-state index contributed by atoms with van der Waals surface area (Å²) in [6.07, 6.45) is 2.06. The van der Waals surface area contributed by atoms with E-state index in [1.54, 1.807) is 13.2 Å². The Kier molecular flexibility index (Phi) is 5.04. The summed E-state index contributed by atoms with van der Waals surface area (Å²) in [6.45, 7) is 2.76. The van der Waals surface area contributed by atoms with E-state index >= 15 is 0 Å². The van der Waals surface area contributed by atoms with Gasteiger partial charge in [0, 0.05) is 5.39 Å². The minimum absolute atomic E-state index is 0.359. The summed E-state index contributed by atoms with van der Waals surface area (Å²) in [6, 6.07) is 9.23. The molecule has 2 rings (SSSR count). The lowest BCUT2D eigenvalue weighted by molar-refractivity contribution is 0.0603. The second-order valence-corrected chi connectivity index (χ2v) is 4.72. The van der Waals surface area contributed by atoms with Crippen LogP contribution in [0.1, 0.15) is 30.1 Å². The van der Waals surface area contributed by atoms with E-state index in [9.17, 15) is 4.79 Å². The molecule has 0 bridgehead atoms. The molecule has 0 radical (unpaired) electrons. The van der Waals surface area contributed by atoms with Gasteiger partial charge in [0.2, 0.25) is 0 Å². The number of esters is 1. The number of carbonyl (C=O) groups is 1. The molecule has 0 fully saturated rings. The van der Waals surface area contributed by atoms with Crippen molar-refractivity contribution in [1.29, 1.82) is 0 Å². The fraction of sp³-hybridized carbons (Fsp3) is 0.353. The van der Waals surface area contributed by atoms with Crippen molar-refractivity contribution < 1.29 is 19.0 Å². The molecule has 0 saturated heterocycles. The van der Waals surface area contributed by atoms with Crippen LogP contribution in [0, 0.1) is 0 Å². The lowest BCUT2D eigenvalue weighted by atomic mass is 10.0. The number of hydrogen-bond donors (Lipinski definition) is 0. The van der Waals surface area contributed by atoms with Crippen LogP contribution in [0.3, 0.4) is 0 Å². The molecule has 4 nitrogen and oxygen atoms in total. The molecule has 0 unspecified atom stereocenters. The summed E-state index contributed by atoms with van der Waals surface area (Å²) in [5, 5.41) is 1.72. The number of fused-ring (bicyclic) bond motifs is 1. The minimum atomic E-state index is -0.359. The largest absolute Gasteiger partial charge is 0.493 e. The lowest BCUT2D eigenvalue weighted by Crippen LogP contribution is -2.03. The number of benzene rings is 2. The van der Waals surface area contributed by atoms with Crippen molar-refractivity contribution in [2.24, 2.45) is 0 Å². The maximum Gasteiger partial charge on any atom is 0.338 e. The first-order valence-electron chi connectivity index (χ1n) is 7.03. The topological polar surface area (TPSA) is 44.8 Å². The molecule has 0 spiro atoms. The molecule has 0 amide bonds. The molecule has 0 aliphatic rings. The number of ether oxygens (including phenoxy) is 3. The van der Waals surface area contributed by atoms with Gasteiger partial charge in [0.1, 0.15) is 0 Å². The maximum atomic E-state index is 11.8. The summed E-state index contributed by atoms with van der Waals surface area (Å²) in [7, 11) is 2.97. The maximum absolute atomic E-state index is 11.8. The van der Waals surface area contributed by atoms with Gasteiger partial charge < -0.3 is 14.2 Å². The molecule has 0 saturated carbocycles. The standard InChI is InChI=1S/C17H20O4/c1-4-5-9-21-16-10-12-7-6-8-13(17(18)20-3)14(12)11-15(16)19-2/h6-8,10-11H,4-5,9H2,1-3H3. The predicted octanol–water partition coefficient (Wildman–Crippen LogP) is 3.81. The quantitative estimate of drug-likeness (QED) is 0.599. The zero-order chi connectivity index (χ0) is 15.2. The Morgan fingerprint density at radius 2 is 1.95 bits per heavy atom. The third kappa shape index (κ3) is 3.27. The molecule has 0 aliphatic heterocycles. The fourth-order valence-corrected chi connectivity index (χ4v) is 2.17. The summed E-state index contributed by atoms with van der Waals surface area (Å²) in [4.78, 5) is 11.8. The van der Waals surface area contributed by atoms with Gasteiger partial charge in [-0.15, -0.1) is 0 Å². The monoisotopic (exact) mass is 288 g/mol. The highest BCUT2D eigenvalue weighted by molar-refractivity contribution is 6.05. The van der Waals surface area contributed by atoms with Crippen LogP contribution in [0.4, 0.5) is 0 Å². The first-order chi connectivity index (χ1) is 10.2. The molecule has 0 heterocycles. The van der Waals surface area contributed by atoms with Crippen LogP contribution in [0.15, 0.2) is 30.3 Å². The Morgan fingerprint density at radius 1 is 1.14 bits per heavy atom. The molecule has 21 heavy (non-hydrogen) atoms. The van der Waals surface area contributed by atoms with E-state index in [1.165, 1.54) is 7.11 Å². The van der Waals surface area contributed by atoms with Crippen molar-refractivity contribution in [2.75, 3.05) is 20.8 Å². The summed E-state index contributed by atoms with van der Waals surface area (Å²) < 4.78 is 16.0. The van der Waals surface area contributed by atoms with Gasteiger partial charge in [0.15, 0.2) is 11.5 Å². The fourth-order valence-electron chi connectivity index (χ4n) is 2.17. The van der Waals surface area contributed by atoms with Crippen molar-refractivity contribution in [3.63, 3.8) is 0 Å². The van der Waals surface area contributed by atoms with Gasteiger partial charge in [-0.3, -0.25) is 0 Å². The second-order valence-electron chi connectivity index (χ2n) is 4.72. The van der Waals surface area contributed by atoms with Crippen LogP contribution in [-0.4, -0.2) is 26.8 Å². The first kappa shape index (κ1) is 15.2. The van der Waals surface area contributed by atoms with Crippen molar-refractivity contribution >= 4 is 16.7 Å². The van der Waals surface area contributed by atoms with E-state index in [0.717, 1.165) is 23.6 Å². The lowest BCUT2D eigenvalue weighted by Gasteiger charge is -2.13. The molecule has 0 aliphatic carbocycles. The Bertz CT molecular complexity index is 634. The highest BCUT2D eigenvalue weighted by Gasteiger charge is 2.14. The van der Waals surface area contributed by atoms with Gasteiger partial charge in [-0.05, 0) is 30.0 Å². The second kappa shape index (κ2) is 6.97. The predicted molar refractivity (Wildman–Crippen MR) is 82.2 cm³/mol. The van der Waals surface area contributed by atoms with Crippen LogP contribution in [0.2, 0.25) is 0 Å². The Hall–Kier alpha value is -2.23. The highest BCUT2D eigenvalue weighted by Crippen LogP contribution is 2.34. The SMILES string of the molecule is CCCCOc1cc2cccc(C(=O)OC)c2cc1OC. The Morgan fingerprint density at radius 3 is 2.62 bits per heavy atom. The average Bonchev–Trinajstić information content (AvgIpc) is 2.53. The van der Waals surface area contributed by atoms with Crippen molar-refractivity contribution in [3.05, 3.63) is 35.9 Å². The Labute approximate surface area is 124 Å². The van der Waals surface area contributed by atoms with Crippen molar-refractivity contribution in [3.8, 4) is 11.5 Å². The highest BCUT2D eigenvalue weighted by atomic mass is 16.5. The van der Waals surface area contributed by atoms with Gasteiger partial charge in [0.25, 0.3) is 0 Å². The molecular weight excluding hydrogens is 268 g/mol. The van der Waals surface area contributed by atoms with Gasteiger partial charge in [-0.2, -0.15) is 0 Å². The van der Waals surface area contributed by atoms with E-state index in [1.807, 2.05) is 24.3 Å². The van der Waals surface area contributed by atoms with Gasteiger partial charge in [0.05, 0.1) is 26.4 Å². The summed E-state index contributed by atoms with van der Waals surface area (Å²) in [5.74, 6) is 0.956. The number of unbranched alkanes of at least 4 members (excludes halogenated alkanes) is 1. The third-order valence-electron chi connectivity index (χ3n) is 3.33. The average molecular weight is 288 g/mol. The van der Waals surface area contributed by atoms with Crippen LogP contribution < -0.4 is 9.47 Å². The number of carbonyl (C=O) groups excluding carboxylic acids is 1.